The van der Waals surface area contributed by atoms with E-state index in [-0.39, 0.29) is 5.91 Å². The van der Waals surface area contributed by atoms with Crippen molar-refractivity contribution in [2.24, 2.45) is 0 Å². The van der Waals surface area contributed by atoms with Crippen LogP contribution in [-0.2, 0) is 11.2 Å². The van der Waals surface area contributed by atoms with Gasteiger partial charge in [0.15, 0.2) is 6.10 Å². The molecule has 0 fully saturated rings. The van der Waals surface area contributed by atoms with E-state index in [9.17, 15) is 4.79 Å². The lowest BCUT2D eigenvalue weighted by molar-refractivity contribution is -0.125. The minimum absolute atomic E-state index is 0.0228. The Kier molecular flexibility index (Phi) is 4.87. The van der Waals surface area contributed by atoms with Gasteiger partial charge in [-0.15, -0.1) is 0 Å². The number of para-hydroxylation sites is 1. The highest BCUT2D eigenvalue weighted by atomic mass is 35.5. The van der Waals surface area contributed by atoms with Gasteiger partial charge in [-0.3, -0.25) is 4.79 Å². The summed E-state index contributed by atoms with van der Waals surface area (Å²) in [6.45, 7) is 2.71. The molecule has 0 bridgehead atoms. The Morgan fingerprint density at radius 2 is 1.96 bits per heavy atom. The molecule has 0 spiro atoms. The van der Waals surface area contributed by atoms with Gasteiger partial charge < -0.3 is 9.64 Å². The first-order chi connectivity index (χ1) is 11.2. The van der Waals surface area contributed by atoms with Crippen LogP contribution in [0.1, 0.15) is 25.3 Å². The van der Waals surface area contributed by atoms with Gasteiger partial charge in [-0.2, -0.15) is 0 Å². The zero-order chi connectivity index (χ0) is 16.2. The van der Waals surface area contributed by atoms with Gasteiger partial charge in [0.05, 0.1) is 0 Å². The summed E-state index contributed by atoms with van der Waals surface area (Å²) in [6.07, 6.45) is 2.15. The molecule has 23 heavy (non-hydrogen) atoms. The highest BCUT2D eigenvalue weighted by Crippen LogP contribution is 2.28. The number of carbonyl (C=O) groups excluding carboxylic acids is 1. The standard InChI is InChI=1S/C19H20ClNO2/c1-2-18(23-16-11-9-15(20)10-12-16)19(22)21-13-5-7-14-6-3-4-8-17(14)21/h3-4,6,8-12,18H,2,5,7,13H2,1H3/t18-/m1/s1. The van der Waals surface area contributed by atoms with Gasteiger partial charge in [-0.25, -0.2) is 0 Å². The normalized spacial score (nSPS) is 15.0. The summed E-state index contributed by atoms with van der Waals surface area (Å²) in [6, 6.07) is 15.2. The highest BCUT2D eigenvalue weighted by molar-refractivity contribution is 6.30. The number of nitrogens with zero attached hydrogens (tertiary/aromatic N) is 1. The fraction of sp³-hybridized carbons (Fsp3) is 0.316. The van der Waals surface area contributed by atoms with E-state index in [1.807, 2.05) is 30.0 Å². The number of carbonyl (C=O) groups is 1. The van der Waals surface area contributed by atoms with Crippen LogP contribution in [0, 0.1) is 0 Å². The Balaban J connectivity index is 1.79. The van der Waals surface area contributed by atoms with Gasteiger partial charge in [0.25, 0.3) is 5.91 Å². The van der Waals surface area contributed by atoms with Crippen LogP contribution in [0.3, 0.4) is 0 Å². The van der Waals surface area contributed by atoms with Crippen molar-refractivity contribution in [3.8, 4) is 5.75 Å². The molecular formula is C19H20ClNO2. The predicted molar refractivity (Wildman–Crippen MR) is 93.3 cm³/mol. The van der Waals surface area contributed by atoms with E-state index < -0.39 is 6.10 Å². The predicted octanol–water partition coefficient (Wildman–Crippen LogP) is 4.48. The molecule has 2 aromatic carbocycles. The lowest BCUT2D eigenvalue weighted by Crippen LogP contribution is -2.44. The number of fused-ring (bicyclic) bond motifs is 1. The molecule has 1 heterocycles. The Morgan fingerprint density at radius 3 is 2.70 bits per heavy atom. The van der Waals surface area contributed by atoms with Crippen molar-refractivity contribution in [1.29, 1.82) is 0 Å². The minimum Gasteiger partial charge on any atom is -0.481 e. The van der Waals surface area contributed by atoms with E-state index >= 15 is 0 Å². The largest absolute Gasteiger partial charge is 0.481 e. The molecule has 0 saturated carbocycles. The maximum atomic E-state index is 12.9. The molecule has 1 amide bonds. The highest BCUT2D eigenvalue weighted by Gasteiger charge is 2.28. The molecule has 2 aromatic rings. The molecule has 0 radical (unpaired) electrons. The van der Waals surface area contributed by atoms with E-state index in [0.29, 0.717) is 17.2 Å². The van der Waals surface area contributed by atoms with Gasteiger partial charge in [0.1, 0.15) is 5.75 Å². The Bertz CT molecular complexity index is 684. The van der Waals surface area contributed by atoms with Crippen molar-refractivity contribution in [3.05, 3.63) is 59.1 Å². The number of hydrogen-bond donors (Lipinski definition) is 0. The van der Waals surface area contributed by atoms with Crippen LogP contribution in [0.25, 0.3) is 0 Å². The first kappa shape index (κ1) is 15.9. The van der Waals surface area contributed by atoms with Crippen molar-refractivity contribution < 1.29 is 9.53 Å². The molecule has 0 aromatic heterocycles. The third-order valence-electron chi connectivity index (χ3n) is 4.11. The van der Waals surface area contributed by atoms with Crippen LogP contribution in [-0.4, -0.2) is 18.6 Å². The molecule has 0 N–H and O–H groups in total. The van der Waals surface area contributed by atoms with Crippen LogP contribution >= 0.6 is 11.6 Å². The van der Waals surface area contributed by atoms with E-state index in [2.05, 4.69) is 6.07 Å². The summed E-state index contributed by atoms with van der Waals surface area (Å²) < 4.78 is 5.90. The van der Waals surface area contributed by atoms with E-state index in [0.717, 1.165) is 25.1 Å². The summed E-state index contributed by atoms with van der Waals surface area (Å²) in [7, 11) is 0. The van der Waals surface area contributed by atoms with Gasteiger partial charge >= 0.3 is 0 Å². The first-order valence-corrected chi connectivity index (χ1v) is 8.38. The third-order valence-corrected chi connectivity index (χ3v) is 4.37. The zero-order valence-corrected chi connectivity index (χ0v) is 13.9. The SMILES string of the molecule is CC[C@@H](Oc1ccc(Cl)cc1)C(=O)N1CCCc2ccccc21. The Labute approximate surface area is 141 Å². The molecule has 1 atom stereocenters. The molecule has 1 aliphatic heterocycles. The van der Waals surface area contributed by atoms with Crippen LogP contribution in [0.4, 0.5) is 5.69 Å². The van der Waals surface area contributed by atoms with Gasteiger partial charge in [0, 0.05) is 17.3 Å². The zero-order valence-electron chi connectivity index (χ0n) is 13.2. The second-order valence-corrected chi connectivity index (χ2v) is 6.13. The molecule has 0 aliphatic carbocycles. The van der Waals surface area contributed by atoms with Gasteiger partial charge in [-0.05, 0) is 55.2 Å². The maximum absolute atomic E-state index is 12.9. The van der Waals surface area contributed by atoms with Crippen molar-refractivity contribution in [1.82, 2.24) is 0 Å². The minimum atomic E-state index is -0.484. The number of halogens is 1. The molecule has 120 valence electrons. The van der Waals surface area contributed by atoms with E-state index in [1.165, 1.54) is 5.56 Å². The molecule has 3 nitrogen and oxygen atoms in total. The average molecular weight is 330 g/mol. The topological polar surface area (TPSA) is 29.5 Å². The molecule has 0 saturated heterocycles. The Hall–Kier alpha value is -2.00. The average Bonchev–Trinajstić information content (AvgIpc) is 2.60. The summed E-state index contributed by atoms with van der Waals surface area (Å²) in [5.41, 5.74) is 2.25. The second-order valence-electron chi connectivity index (χ2n) is 5.69. The Morgan fingerprint density at radius 1 is 1.22 bits per heavy atom. The van der Waals surface area contributed by atoms with Crippen LogP contribution < -0.4 is 9.64 Å². The fourth-order valence-electron chi connectivity index (χ4n) is 2.92. The smallest absolute Gasteiger partial charge is 0.268 e. The number of benzene rings is 2. The first-order valence-electron chi connectivity index (χ1n) is 8.00. The molecule has 4 heteroatoms. The monoisotopic (exact) mass is 329 g/mol. The number of amides is 1. The van der Waals surface area contributed by atoms with E-state index in [4.69, 9.17) is 16.3 Å². The molecule has 3 rings (SSSR count). The third kappa shape index (κ3) is 3.50. The molecular weight excluding hydrogens is 310 g/mol. The number of rotatable bonds is 4. The lowest BCUT2D eigenvalue weighted by Gasteiger charge is -2.32. The van der Waals surface area contributed by atoms with Crippen LogP contribution in [0.5, 0.6) is 5.75 Å². The van der Waals surface area contributed by atoms with Crippen molar-refractivity contribution >= 4 is 23.2 Å². The summed E-state index contributed by atoms with van der Waals surface area (Å²) in [5, 5.41) is 0.654. The van der Waals surface area contributed by atoms with Crippen molar-refractivity contribution in [3.63, 3.8) is 0 Å². The van der Waals surface area contributed by atoms with Gasteiger partial charge in [-0.1, -0.05) is 36.7 Å². The lowest BCUT2D eigenvalue weighted by atomic mass is 10.0. The van der Waals surface area contributed by atoms with E-state index in [1.54, 1.807) is 24.3 Å². The summed E-state index contributed by atoms with van der Waals surface area (Å²) in [5.74, 6) is 0.689. The quantitative estimate of drug-likeness (QED) is 0.827. The summed E-state index contributed by atoms with van der Waals surface area (Å²) in [4.78, 5) is 14.8. The second kappa shape index (κ2) is 7.05. The molecule has 1 aliphatic rings. The van der Waals surface area contributed by atoms with Gasteiger partial charge in [0.2, 0.25) is 0 Å². The van der Waals surface area contributed by atoms with Crippen molar-refractivity contribution in [2.45, 2.75) is 32.3 Å². The number of ether oxygens (including phenoxy) is 1. The summed E-state index contributed by atoms with van der Waals surface area (Å²) >= 11 is 5.89. The molecule has 0 unspecified atom stereocenters. The maximum Gasteiger partial charge on any atom is 0.268 e. The van der Waals surface area contributed by atoms with Crippen LogP contribution in [0.2, 0.25) is 5.02 Å². The van der Waals surface area contributed by atoms with Crippen molar-refractivity contribution in [2.75, 3.05) is 11.4 Å². The fourth-order valence-corrected chi connectivity index (χ4v) is 3.05. The van der Waals surface area contributed by atoms with Crippen LogP contribution in [0.15, 0.2) is 48.5 Å². The number of hydrogen-bond acceptors (Lipinski definition) is 2. The number of anilines is 1. The number of aryl methyl sites for hydroxylation is 1.